The number of methoxy groups -OCH3 is 1. The number of carbonyl (C=O) groups is 2. The van der Waals surface area contributed by atoms with Gasteiger partial charge in [-0.3, -0.25) is 14.4 Å². The summed E-state index contributed by atoms with van der Waals surface area (Å²) in [6.45, 7) is 3.97. The van der Waals surface area contributed by atoms with Gasteiger partial charge in [0.2, 0.25) is 5.43 Å². The Kier molecular flexibility index (Phi) is 8.06. The van der Waals surface area contributed by atoms with Crippen LogP contribution < -0.4 is 10.7 Å². The molecule has 1 saturated carbocycles. The van der Waals surface area contributed by atoms with Crippen molar-refractivity contribution in [3.05, 3.63) is 69.6 Å². The highest BCUT2D eigenvalue weighted by molar-refractivity contribution is 5.99. The first-order chi connectivity index (χ1) is 16.9. The average Bonchev–Trinajstić information content (AvgIpc) is 3.37. The monoisotopic (exact) mass is 479 g/mol. The van der Waals surface area contributed by atoms with Gasteiger partial charge in [-0.1, -0.05) is 43.2 Å². The molecule has 2 heterocycles. The summed E-state index contributed by atoms with van der Waals surface area (Å²) in [6, 6.07) is 10.4. The van der Waals surface area contributed by atoms with Gasteiger partial charge in [0, 0.05) is 50.6 Å². The molecule has 35 heavy (non-hydrogen) atoms. The van der Waals surface area contributed by atoms with E-state index in [1.54, 1.807) is 29.0 Å². The van der Waals surface area contributed by atoms with Gasteiger partial charge in [0.15, 0.2) is 0 Å². The van der Waals surface area contributed by atoms with E-state index in [1.165, 1.54) is 5.56 Å². The molecule has 0 unspecified atom stereocenters. The van der Waals surface area contributed by atoms with Gasteiger partial charge >= 0.3 is 0 Å². The predicted octanol–water partition coefficient (Wildman–Crippen LogP) is 3.75. The first-order valence-electron chi connectivity index (χ1n) is 12.8. The lowest BCUT2D eigenvalue weighted by Gasteiger charge is -2.33. The Bertz CT molecular complexity index is 1090. The third kappa shape index (κ3) is 5.50. The summed E-state index contributed by atoms with van der Waals surface area (Å²) >= 11 is 0. The normalized spacial score (nSPS) is 19.5. The molecule has 1 aliphatic carbocycles. The van der Waals surface area contributed by atoms with Gasteiger partial charge in [-0.15, -0.1) is 0 Å². The predicted molar refractivity (Wildman–Crippen MR) is 136 cm³/mol. The quantitative estimate of drug-likeness (QED) is 0.625. The molecule has 4 rings (SSSR count). The molecule has 188 valence electrons. The molecule has 1 aromatic carbocycles. The molecule has 7 nitrogen and oxygen atoms in total. The van der Waals surface area contributed by atoms with Crippen molar-refractivity contribution in [3.8, 4) is 0 Å². The Morgan fingerprint density at radius 1 is 1.06 bits per heavy atom. The Morgan fingerprint density at radius 3 is 2.46 bits per heavy atom. The average molecular weight is 480 g/mol. The van der Waals surface area contributed by atoms with E-state index in [-0.39, 0.29) is 28.5 Å². The van der Waals surface area contributed by atoms with Crippen LogP contribution in [0.4, 0.5) is 0 Å². The fourth-order valence-corrected chi connectivity index (χ4v) is 5.58. The minimum Gasteiger partial charge on any atom is -0.383 e. The molecule has 0 bridgehead atoms. The summed E-state index contributed by atoms with van der Waals surface area (Å²) < 4.78 is 6.92. The number of carbonyl (C=O) groups excluding carboxylic acids is 2. The zero-order chi connectivity index (χ0) is 24.8. The Hall–Kier alpha value is -2.93. The lowest BCUT2D eigenvalue weighted by molar-refractivity contribution is 0.0633. The number of aromatic nitrogens is 1. The van der Waals surface area contributed by atoms with E-state index in [0.717, 1.165) is 44.9 Å². The first-order valence-corrected chi connectivity index (χ1v) is 12.8. The molecule has 0 radical (unpaired) electrons. The molecule has 1 N–H and O–H groups in total. The van der Waals surface area contributed by atoms with Crippen LogP contribution in [0, 0.1) is 0 Å². The number of hydrogen-bond donors (Lipinski definition) is 1. The van der Waals surface area contributed by atoms with E-state index in [9.17, 15) is 14.4 Å². The number of nitrogens with zero attached hydrogens (tertiary/aromatic N) is 2. The maximum atomic E-state index is 13.4. The van der Waals surface area contributed by atoms with Crippen molar-refractivity contribution in [3.63, 3.8) is 0 Å². The minimum absolute atomic E-state index is 0.0119. The summed E-state index contributed by atoms with van der Waals surface area (Å²) in [7, 11) is 1.60. The molecular weight excluding hydrogens is 442 g/mol. The van der Waals surface area contributed by atoms with Crippen molar-refractivity contribution in [2.24, 2.45) is 0 Å². The molecule has 2 aliphatic rings. The third-order valence-corrected chi connectivity index (χ3v) is 7.71. The topological polar surface area (TPSA) is 80.6 Å². The van der Waals surface area contributed by atoms with Crippen LogP contribution in [0.25, 0.3) is 0 Å². The second-order valence-corrected chi connectivity index (χ2v) is 10.0. The zero-order valence-electron chi connectivity index (χ0n) is 20.9. The number of rotatable bonds is 8. The number of pyridine rings is 1. The molecule has 2 fully saturated rings. The molecular formula is C28H37N3O4. The van der Waals surface area contributed by atoms with Crippen LogP contribution in [-0.2, 0) is 16.7 Å². The number of amides is 2. The van der Waals surface area contributed by atoms with Crippen LogP contribution in [0.1, 0.15) is 78.1 Å². The number of piperidine rings is 1. The van der Waals surface area contributed by atoms with Crippen LogP contribution >= 0.6 is 0 Å². The van der Waals surface area contributed by atoms with E-state index in [4.69, 9.17) is 4.74 Å². The summed E-state index contributed by atoms with van der Waals surface area (Å²) in [5.41, 5.74) is 0.666. The van der Waals surface area contributed by atoms with Crippen molar-refractivity contribution in [1.29, 1.82) is 0 Å². The van der Waals surface area contributed by atoms with E-state index in [0.29, 0.717) is 26.2 Å². The second kappa shape index (κ2) is 11.2. The maximum absolute atomic E-state index is 13.4. The summed E-state index contributed by atoms with van der Waals surface area (Å²) in [5.74, 6) is -0.718. The highest BCUT2D eigenvalue weighted by atomic mass is 16.5. The molecule has 2 aromatic rings. The number of hydrogen-bond acceptors (Lipinski definition) is 4. The van der Waals surface area contributed by atoms with Crippen LogP contribution in [0.15, 0.2) is 47.5 Å². The van der Waals surface area contributed by atoms with Gasteiger partial charge in [-0.25, -0.2) is 0 Å². The highest BCUT2D eigenvalue weighted by Crippen LogP contribution is 2.40. The third-order valence-electron chi connectivity index (χ3n) is 7.71. The van der Waals surface area contributed by atoms with Crippen molar-refractivity contribution >= 4 is 11.8 Å². The highest BCUT2D eigenvalue weighted by Gasteiger charge is 2.36. The number of nitrogens with one attached hydrogen (secondary N) is 1. The van der Waals surface area contributed by atoms with Crippen molar-refractivity contribution in [1.82, 2.24) is 14.8 Å². The molecule has 1 saturated heterocycles. The van der Waals surface area contributed by atoms with Crippen molar-refractivity contribution in [2.75, 3.05) is 26.8 Å². The van der Waals surface area contributed by atoms with E-state index in [1.807, 2.05) is 25.1 Å². The smallest absolute Gasteiger partial charge is 0.259 e. The van der Waals surface area contributed by atoms with Crippen LogP contribution in [0.5, 0.6) is 0 Å². The summed E-state index contributed by atoms with van der Waals surface area (Å²) in [5, 5.41) is 3.05. The largest absolute Gasteiger partial charge is 0.383 e. The Labute approximate surface area is 207 Å². The zero-order valence-corrected chi connectivity index (χ0v) is 20.9. The van der Waals surface area contributed by atoms with E-state index >= 15 is 0 Å². The number of benzene rings is 1. The lowest BCUT2D eigenvalue weighted by atomic mass is 9.79. The van der Waals surface area contributed by atoms with Crippen LogP contribution in [0.2, 0.25) is 0 Å². The Morgan fingerprint density at radius 2 is 1.77 bits per heavy atom. The molecule has 2 amide bonds. The fourth-order valence-electron chi connectivity index (χ4n) is 5.58. The molecule has 7 heteroatoms. The number of ether oxygens (including phenoxy) is 1. The van der Waals surface area contributed by atoms with Gasteiger partial charge in [0.1, 0.15) is 11.1 Å². The lowest BCUT2D eigenvalue weighted by Crippen LogP contribution is -2.45. The van der Waals surface area contributed by atoms with Gasteiger partial charge in [-0.05, 0) is 44.6 Å². The first kappa shape index (κ1) is 25.2. The number of likely N-dealkylation sites (tertiary alicyclic amines) is 1. The standard InChI is InChI=1S/C28H37N3O4/c1-21-10-6-9-15-31(21)27(34)24-19-30(16-17-35-2)18-23(25(24)32)26(33)29-20-28(13-7-8-14-28)22-11-4-3-5-12-22/h3-5,11-12,18-19,21H,6-10,13-17,20H2,1-2H3,(H,29,33)/t21-/m1/s1. The SMILES string of the molecule is COCCn1cc(C(=O)NCC2(c3ccccc3)CCCC2)c(=O)c(C(=O)N2CCCC[C@H]2C)c1. The minimum atomic E-state index is -0.501. The van der Waals surface area contributed by atoms with Crippen molar-refractivity contribution < 1.29 is 14.3 Å². The van der Waals surface area contributed by atoms with Gasteiger partial charge in [0.05, 0.1) is 6.61 Å². The molecule has 0 spiro atoms. The van der Waals surface area contributed by atoms with Gasteiger partial charge in [-0.2, -0.15) is 0 Å². The van der Waals surface area contributed by atoms with Gasteiger partial charge in [0.25, 0.3) is 11.8 Å². The summed E-state index contributed by atoms with van der Waals surface area (Å²) in [6.07, 6.45) is 10.3. The molecule has 1 aromatic heterocycles. The van der Waals surface area contributed by atoms with Crippen molar-refractivity contribution in [2.45, 2.75) is 69.9 Å². The second-order valence-electron chi connectivity index (χ2n) is 10.0. The van der Waals surface area contributed by atoms with Gasteiger partial charge < -0.3 is 19.5 Å². The van der Waals surface area contributed by atoms with E-state index < -0.39 is 11.3 Å². The fraction of sp³-hybridized carbons (Fsp3) is 0.536. The molecule has 1 atom stereocenters. The maximum Gasteiger partial charge on any atom is 0.259 e. The van der Waals surface area contributed by atoms with E-state index in [2.05, 4.69) is 17.4 Å². The van der Waals surface area contributed by atoms with Crippen LogP contribution in [-0.4, -0.2) is 54.1 Å². The Balaban J connectivity index is 1.61. The molecule has 1 aliphatic heterocycles. The summed E-state index contributed by atoms with van der Waals surface area (Å²) in [4.78, 5) is 41.9. The van der Waals surface area contributed by atoms with Crippen LogP contribution in [0.3, 0.4) is 0 Å².